The zero-order valence-corrected chi connectivity index (χ0v) is 15.6. The predicted molar refractivity (Wildman–Crippen MR) is 100 cm³/mol. The number of benzene rings is 1. The van der Waals surface area contributed by atoms with Gasteiger partial charge in [0.15, 0.2) is 0 Å². The lowest BCUT2D eigenvalue weighted by Gasteiger charge is -2.20. The third kappa shape index (κ3) is 3.94. The van der Waals surface area contributed by atoms with Crippen molar-refractivity contribution in [2.24, 2.45) is 0 Å². The first kappa shape index (κ1) is 18.9. The molecule has 2 saturated heterocycles. The van der Waals surface area contributed by atoms with Gasteiger partial charge in [-0.15, -0.1) is 0 Å². The molecule has 0 spiro atoms. The van der Waals surface area contributed by atoms with Crippen molar-refractivity contribution >= 4 is 35.1 Å². The number of anilines is 2. The minimum atomic E-state index is -0.902. The lowest BCUT2D eigenvalue weighted by molar-refractivity contribution is -0.130. The molecule has 2 aliphatic rings. The fourth-order valence-corrected chi connectivity index (χ4v) is 3.35. The number of para-hydroxylation sites is 2. The van der Waals surface area contributed by atoms with Gasteiger partial charge in [0.05, 0.1) is 11.4 Å². The van der Waals surface area contributed by atoms with Crippen molar-refractivity contribution in [3.63, 3.8) is 0 Å². The molecule has 3 rings (SSSR count). The maximum atomic E-state index is 12.3. The first-order chi connectivity index (χ1) is 12.8. The average molecular weight is 372 g/mol. The molecule has 2 N–H and O–H groups in total. The Bertz CT molecular complexity index is 790. The van der Waals surface area contributed by atoms with Crippen molar-refractivity contribution in [1.82, 2.24) is 10.2 Å². The summed E-state index contributed by atoms with van der Waals surface area (Å²) >= 11 is 0. The molecular formula is C19H24N4O4. The fourth-order valence-electron chi connectivity index (χ4n) is 3.35. The lowest BCUT2D eigenvalue weighted by Crippen LogP contribution is -2.40. The maximum absolute atomic E-state index is 12.3. The number of nitrogens with one attached hydrogen (secondary N) is 2. The molecular weight excluding hydrogens is 348 g/mol. The van der Waals surface area contributed by atoms with Crippen LogP contribution in [-0.4, -0.2) is 47.3 Å². The van der Waals surface area contributed by atoms with Gasteiger partial charge >= 0.3 is 6.03 Å². The van der Waals surface area contributed by atoms with Crippen molar-refractivity contribution in [3.8, 4) is 0 Å². The second kappa shape index (κ2) is 7.38. The van der Waals surface area contributed by atoms with Gasteiger partial charge in [0.25, 0.3) is 5.91 Å². The van der Waals surface area contributed by atoms with Crippen LogP contribution >= 0.6 is 0 Å². The van der Waals surface area contributed by atoms with Crippen molar-refractivity contribution < 1.29 is 19.2 Å². The topological polar surface area (TPSA) is 98.8 Å². The Morgan fingerprint density at radius 1 is 1.22 bits per heavy atom. The second-order valence-electron chi connectivity index (χ2n) is 7.33. The number of rotatable bonds is 6. The highest BCUT2D eigenvalue weighted by Gasteiger charge is 2.43. The van der Waals surface area contributed by atoms with E-state index in [1.807, 2.05) is 12.1 Å². The van der Waals surface area contributed by atoms with Gasteiger partial charge < -0.3 is 15.5 Å². The number of nitrogens with zero attached hydrogens (tertiary/aromatic N) is 2. The first-order valence-corrected chi connectivity index (χ1v) is 9.13. The lowest BCUT2D eigenvalue weighted by atomic mass is 10.1. The largest absolute Gasteiger partial charge is 0.325 e. The third-order valence-corrected chi connectivity index (χ3v) is 4.77. The van der Waals surface area contributed by atoms with Gasteiger partial charge in [0.1, 0.15) is 5.54 Å². The summed E-state index contributed by atoms with van der Waals surface area (Å²) < 4.78 is 0. The van der Waals surface area contributed by atoms with Crippen molar-refractivity contribution in [2.45, 2.75) is 45.1 Å². The Labute approximate surface area is 157 Å². The minimum absolute atomic E-state index is 0.0536. The van der Waals surface area contributed by atoms with E-state index in [-0.39, 0.29) is 30.7 Å². The molecule has 2 fully saturated rings. The Kier molecular flexibility index (Phi) is 5.16. The Balaban J connectivity index is 1.56. The molecule has 2 heterocycles. The molecule has 0 bridgehead atoms. The number of hydrogen-bond acceptors (Lipinski definition) is 4. The summed E-state index contributed by atoms with van der Waals surface area (Å²) in [4.78, 5) is 51.1. The number of hydrogen-bond donors (Lipinski definition) is 2. The van der Waals surface area contributed by atoms with Crippen LogP contribution in [0.5, 0.6) is 0 Å². The van der Waals surface area contributed by atoms with Gasteiger partial charge in [-0.3, -0.25) is 19.3 Å². The number of carbonyl (C=O) groups is 4. The van der Waals surface area contributed by atoms with E-state index in [9.17, 15) is 19.2 Å². The summed E-state index contributed by atoms with van der Waals surface area (Å²) in [7, 11) is 0. The number of urea groups is 1. The summed E-state index contributed by atoms with van der Waals surface area (Å²) in [5.41, 5.74) is 0.388. The molecule has 0 unspecified atom stereocenters. The average Bonchev–Trinajstić information content (AvgIpc) is 3.11. The molecule has 1 aromatic carbocycles. The number of carbonyl (C=O) groups excluding carboxylic acids is 4. The number of amides is 5. The van der Waals surface area contributed by atoms with E-state index < -0.39 is 11.6 Å². The Morgan fingerprint density at radius 2 is 1.96 bits per heavy atom. The molecule has 0 aromatic heterocycles. The van der Waals surface area contributed by atoms with Crippen molar-refractivity contribution in [1.29, 1.82) is 0 Å². The van der Waals surface area contributed by atoms with Crippen LogP contribution in [0.2, 0.25) is 0 Å². The molecule has 27 heavy (non-hydrogen) atoms. The van der Waals surface area contributed by atoms with Gasteiger partial charge in [-0.2, -0.15) is 0 Å². The van der Waals surface area contributed by atoms with Crippen LogP contribution in [0.4, 0.5) is 16.2 Å². The van der Waals surface area contributed by atoms with Crippen LogP contribution in [0.25, 0.3) is 0 Å². The molecule has 8 heteroatoms. The van der Waals surface area contributed by atoms with E-state index in [0.717, 1.165) is 11.3 Å². The van der Waals surface area contributed by atoms with E-state index >= 15 is 0 Å². The molecule has 0 aliphatic carbocycles. The summed E-state index contributed by atoms with van der Waals surface area (Å²) in [5.74, 6) is -0.455. The highest BCUT2D eigenvalue weighted by Crippen LogP contribution is 2.29. The molecule has 1 aromatic rings. The summed E-state index contributed by atoms with van der Waals surface area (Å²) in [6.07, 6.45) is 1.86. The minimum Gasteiger partial charge on any atom is -0.324 e. The zero-order valence-electron chi connectivity index (χ0n) is 15.6. The molecule has 144 valence electrons. The summed E-state index contributed by atoms with van der Waals surface area (Å²) in [5, 5.41) is 5.45. The van der Waals surface area contributed by atoms with E-state index in [1.165, 1.54) is 0 Å². The van der Waals surface area contributed by atoms with E-state index in [0.29, 0.717) is 30.8 Å². The zero-order chi connectivity index (χ0) is 19.6. The van der Waals surface area contributed by atoms with Crippen LogP contribution in [0.3, 0.4) is 0 Å². The normalized spacial score (nSPS) is 18.8. The van der Waals surface area contributed by atoms with Gasteiger partial charge in [0, 0.05) is 25.9 Å². The molecule has 0 atom stereocenters. The highest BCUT2D eigenvalue weighted by atomic mass is 16.2. The smallest absolute Gasteiger partial charge is 0.324 e. The SMILES string of the molecule is CC1(C)NC(=O)N(CCCC(=O)Nc2ccccc2N2CCCC2=O)C1=O. The molecule has 2 aliphatic heterocycles. The van der Waals surface area contributed by atoms with Crippen LogP contribution in [0, 0.1) is 0 Å². The Morgan fingerprint density at radius 3 is 2.59 bits per heavy atom. The van der Waals surface area contributed by atoms with Gasteiger partial charge in [-0.05, 0) is 38.8 Å². The van der Waals surface area contributed by atoms with Crippen LogP contribution in [-0.2, 0) is 14.4 Å². The van der Waals surface area contributed by atoms with E-state index in [1.54, 1.807) is 30.9 Å². The quantitative estimate of drug-likeness (QED) is 0.745. The Hall–Kier alpha value is -2.90. The van der Waals surface area contributed by atoms with Gasteiger partial charge in [0.2, 0.25) is 11.8 Å². The van der Waals surface area contributed by atoms with Gasteiger partial charge in [-0.25, -0.2) is 4.79 Å². The van der Waals surface area contributed by atoms with Crippen LogP contribution in [0.1, 0.15) is 39.5 Å². The summed E-state index contributed by atoms with van der Waals surface area (Å²) in [6, 6.07) is 6.78. The van der Waals surface area contributed by atoms with Crippen molar-refractivity contribution in [3.05, 3.63) is 24.3 Å². The molecule has 8 nitrogen and oxygen atoms in total. The maximum Gasteiger partial charge on any atom is 0.325 e. The molecule has 0 saturated carbocycles. The van der Waals surface area contributed by atoms with Crippen LogP contribution < -0.4 is 15.5 Å². The van der Waals surface area contributed by atoms with Crippen molar-refractivity contribution in [2.75, 3.05) is 23.3 Å². The van der Waals surface area contributed by atoms with E-state index in [2.05, 4.69) is 10.6 Å². The third-order valence-electron chi connectivity index (χ3n) is 4.77. The molecule has 5 amide bonds. The van der Waals surface area contributed by atoms with Gasteiger partial charge in [-0.1, -0.05) is 12.1 Å². The first-order valence-electron chi connectivity index (χ1n) is 9.13. The monoisotopic (exact) mass is 372 g/mol. The predicted octanol–water partition coefficient (Wildman–Crippen LogP) is 1.86. The molecule has 0 radical (unpaired) electrons. The van der Waals surface area contributed by atoms with E-state index in [4.69, 9.17) is 0 Å². The highest BCUT2D eigenvalue weighted by molar-refractivity contribution is 6.06. The standard InChI is InChI=1S/C19H24N4O4/c1-19(2)17(26)23(18(27)21-19)12-5-9-15(24)20-13-7-3-4-8-14(13)22-11-6-10-16(22)25/h3-4,7-8H,5-6,9-12H2,1-2H3,(H,20,24)(H,21,27). The second-order valence-corrected chi connectivity index (χ2v) is 7.33. The fraction of sp³-hybridized carbons (Fsp3) is 0.474. The summed E-state index contributed by atoms with van der Waals surface area (Å²) in [6.45, 7) is 4.13. The van der Waals surface area contributed by atoms with Crippen LogP contribution in [0.15, 0.2) is 24.3 Å². The number of imide groups is 1.